The molecule has 0 spiro atoms. The molecule has 2 atom stereocenters. The Balaban J connectivity index is 2.85. The maximum atomic E-state index is 13.1. The minimum absolute atomic E-state index is 0.0166. The maximum absolute atomic E-state index is 13.1. The number of rotatable bonds is 15. The number of ketones is 1. The maximum Gasteiger partial charge on any atom is 0.312 e. The lowest BCUT2D eigenvalue weighted by molar-refractivity contribution is -0.128. The van der Waals surface area contributed by atoms with Gasteiger partial charge < -0.3 is 26.4 Å². The van der Waals surface area contributed by atoms with Crippen LogP contribution in [0, 0.1) is 11.8 Å². The van der Waals surface area contributed by atoms with Crippen molar-refractivity contribution in [3.05, 3.63) is 29.8 Å². The molecule has 0 fully saturated rings. The Labute approximate surface area is 198 Å². The summed E-state index contributed by atoms with van der Waals surface area (Å²) in [5, 5.41) is 8.78. The van der Waals surface area contributed by atoms with Gasteiger partial charge in [-0.15, -0.1) is 0 Å². The molecule has 0 bridgehead atoms. The van der Waals surface area contributed by atoms with Gasteiger partial charge in [-0.25, -0.2) is 4.79 Å². The van der Waals surface area contributed by atoms with Crippen molar-refractivity contribution >= 4 is 23.4 Å². The van der Waals surface area contributed by atoms with Crippen LogP contribution in [0.2, 0.25) is 0 Å². The summed E-state index contributed by atoms with van der Waals surface area (Å²) < 4.78 is 5.60. The molecular formula is C25H42N4O4. The van der Waals surface area contributed by atoms with Gasteiger partial charge in [0.25, 0.3) is 0 Å². The Hall–Kier alpha value is -2.45. The van der Waals surface area contributed by atoms with E-state index in [9.17, 15) is 14.4 Å². The minimum atomic E-state index is -0.602. The standard InChI is InChI=1S/C25H42N4O4/c1-16(2)23(28-17(3)4)22(30)14-20(8-7-13-27-25(26)32)24(31)29-21-11-9-19(10-12-21)15-33-18(5)6/h9-12,16-18,20,23,28H,7-8,13-15H2,1-6H3,(H,29,31)(H3,26,27,32)/t20-,23+/m1/s1. The quantitative estimate of drug-likeness (QED) is 0.297. The first-order chi connectivity index (χ1) is 15.5. The van der Waals surface area contributed by atoms with Crippen LogP contribution in [0.5, 0.6) is 0 Å². The summed E-state index contributed by atoms with van der Waals surface area (Å²) in [4.78, 5) is 37.1. The average molecular weight is 463 g/mol. The van der Waals surface area contributed by atoms with Gasteiger partial charge in [0, 0.05) is 30.6 Å². The van der Waals surface area contributed by atoms with E-state index in [2.05, 4.69) is 16.0 Å². The van der Waals surface area contributed by atoms with E-state index in [-0.39, 0.29) is 42.2 Å². The fourth-order valence-corrected chi connectivity index (χ4v) is 3.46. The minimum Gasteiger partial charge on any atom is -0.374 e. The number of hydrogen-bond acceptors (Lipinski definition) is 5. The second-order valence-electron chi connectivity index (χ2n) is 9.39. The average Bonchev–Trinajstić information content (AvgIpc) is 2.72. The second-order valence-corrected chi connectivity index (χ2v) is 9.39. The Morgan fingerprint density at radius 3 is 2.15 bits per heavy atom. The second kappa shape index (κ2) is 14.6. The molecule has 0 aliphatic rings. The molecule has 1 rings (SSSR count). The predicted molar refractivity (Wildman–Crippen MR) is 132 cm³/mol. The highest BCUT2D eigenvalue weighted by atomic mass is 16.5. The van der Waals surface area contributed by atoms with Crippen LogP contribution in [0.25, 0.3) is 0 Å². The van der Waals surface area contributed by atoms with Crippen LogP contribution in [0.4, 0.5) is 10.5 Å². The number of primary amides is 1. The molecule has 0 aliphatic carbocycles. The van der Waals surface area contributed by atoms with Crippen LogP contribution in [-0.2, 0) is 20.9 Å². The van der Waals surface area contributed by atoms with Gasteiger partial charge in [0.15, 0.2) is 5.78 Å². The Kier molecular flexibility index (Phi) is 12.7. The molecule has 0 unspecified atom stereocenters. The van der Waals surface area contributed by atoms with Crippen molar-refractivity contribution in [3.63, 3.8) is 0 Å². The zero-order chi connectivity index (χ0) is 25.0. The number of carbonyl (C=O) groups is 3. The van der Waals surface area contributed by atoms with E-state index in [0.29, 0.717) is 31.7 Å². The van der Waals surface area contributed by atoms with Crippen LogP contribution in [0.3, 0.4) is 0 Å². The normalized spacial score (nSPS) is 13.2. The third-order valence-corrected chi connectivity index (χ3v) is 5.18. The van der Waals surface area contributed by atoms with Gasteiger partial charge in [-0.05, 0) is 50.3 Å². The first kappa shape index (κ1) is 28.6. The number of nitrogens with one attached hydrogen (secondary N) is 3. The number of Topliss-reactive ketones (excluding diaryl/α,β-unsaturated/α-hetero) is 1. The highest BCUT2D eigenvalue weighted by molar-refractivity contribution is 5.96. The number of anilines is 1. The molecule has 0 radical (unpaired) electrons. The lowest BCUT2D eigenvalue weighted by atomic mass is 9.89. The van der Waals surface area contributed by atoms with Crippen molar-refractivity contribution in [2.24, 2.45) is 17.6 Å². The number of ether oxygens (including phenoxy) is 1. The van der Waals surface area contributed by atoms with Crippen molar-refractivity contribution in [1.82, 2.24) is 10.6 Å². The first-order valence-corrected chi connectivity index (χ1v) is 11.8. The number of hydrogen-bond donors (Lipinski definition) is 4. The number of amides is 3. The van der Waals surface area contributed by atoms with Gasteiger partial charge in [-0.3, -0.25) is 9.59 Å². The number of carbonyl (C=O) groups excluding carboxylic acids is 3. The molecule has 0 saturated heterocycles. The highest BCUT2D eigenvalue weighted by Gasteiger charge is 2.28. The molecule has 0 saturated carbocycles. The molecule has 186 valence electrons. The van der Waals surface area contributed by atoms with Gasteiger partial charge in [0.05, 0.1) is 18.8 Å². The molecule has 8 heteroatoms. The monoisotopic (exact) mass is 462 g/mol. The van der Waals surface area contributed by atoms with Gasteiger partial charge >= 0.3 is 6.03 Å². The summed E-state index contributed by atoms with van der Waals surface area (Å²) in [6.45, 7) is 12.8. The summed E-state index contributed by atoms with van der Waals surface area (Å²) in [5.74, 6) is -0.587. The van der Waals surface area contributed by atoms with E-state index in [0.717, 1.165) is 5.56 Å². The third kappa shape index (κ3) is 11.8. The molecule has 33 heavy (non-hydrogen) atoms. The van der Waals surface area contributed by atoms with Crippen LogP contribution >= 0.6 is 0 Å². The van der Waals surface area contributed by atoms with E-state index < -0.39 is 11.9 Å². The van der Waals surface area contributed by atoms with Crippen molar-refractivity contribution < 1.29 is 19.1 Å². The first-order valence-electron chi connectivity index (χ1n) is 11.8. The van der Waals surface area contributed by atoms with Crippen molar-refractivity contribution in [2.75, 3.05) is 11.9 Å². The van der Waals surface area contributed by atoms with Gasteiger partial charge in [-0.1, -0.05) is 39.8 Å². The summed E-state index contributed by atoms with van der Waals surface area (Å²) >= 11 is 0. The molecule has 0 aromatic heterocycles. The smallest absolute Gasteiger partial charge is 0.312 e. The number of benzene rings is 1. The molecule has 3 amide bonds. The molecule has 8 nitrogen and oxygen atoms in total. The van der Waals surface area contributed by atoms with Crippen LogP contribution in [0.15, 0.2) is 24.3 Å². The molecule has 0 heterocycles. The van der Waals surface area contributed by atoms with Gasteiger partial charge in [0.1, 0.15) is 0 Å². The predicted octanol–water partition coefficient (Wildman–Crippen LogP) is 3.60. The zero-order valence-electron chi connectivity index (χ0n) is 20.9. The highest BCUT2D eigenvalue weighted by Crippen LogP contribution is 2.19. The van der Waals surface area contributed by atoms with E-state index in [1.807, 2.05) is 65.8 Å². The third-order valence-electron chi connectivity index (χ3n) is 5.18. The summed E-state index contributed by atoms with van der Waals surface area (Å²) in [5.41, 5.74) is 6.81. The van der Waals surface area contributed by atoms with Crippen LogP contribution < -0.4 is 21.7 Å². The van der Waals surface area contributed by atoms with E-state index in [4.69, 9.17) is 10.5 Å². The fourth-order valence-electron chi connectivity index (χ4n) is 3.46. The molecular weight excluding hydrogens is 420 g/mol. The van der Waals surface area contributed by atoms with Crippen molar-refractivity contribution in [2.45, 2.75) is 85.6 Å². The van der Waals surface area contributed by atoms with E-state index in [1.165, 1.54) is 0 Å². The molecule has 0 aliphatic heterocycles. The van der Waals surface area contributed by atoms with Crippen molar-refractivity contribution in [3.8, 4) is 0 Å². The van der Waals surface area contributed by atoms with Crippen LogP contribution in [0.1, 0.15) is 66.4 Å². The summed E-state index contributed by atoms with van der Waals surface area (Å²) in [6.07, 6.45) is 1.28. The molecule has 1 aromatic rings. The Morgan fingerprint density at radius 1 is 1.00 bits per heavy atom. The fraction of sp³-hybridized carbons (Fsp3) is 0.640. The van der Waals surface area contributed by atoms with Crippen LogP contribution in [-0.4, -0.2) is 42.5 Å². The van der Waals surface area contributed by atoms with E-state index in [1.54, 1.807) is 0 Å². The van der Waals surface area contributed by atoms with E-state index >= 15 is 0 Å². The largest absolute Gasteiger partial charge is 0.374 e. The molecule has 1 aromatic carbocycles. The lowest BCUT2D eigenvalue weighted by Gasteiger charge is -2.25. The Morgan fingerprint density at radius 2 is 1.64 bits per heavy atom. The zero-order valence-corrected chi connectivity index (χ0v) is 20.9. The lowest BCUT2D eigenvalue weighted by Crippen LogP contribution is -2.45. The number of urea groups is 1. The van der Waals surface area contributed by atoms with Gasteiger partial charge in [-0.2, -0.15) is 0 Å². The summed E-state index contributed by atoms with van der Waals surface area (Å²) in [6, 6.07) is 6.74. The number of nitrogens with two attached hydrogens (primary N) is 1. The van der Waals surface area contributed by atoms with Crippen molar-refractivity contribution in [1.29, 1.82) is 0 Å². The SMILES string of the molecule is CC(C)N[C@H](C(=O)C[C@@H](CCCNC(N)=O)C(=O)Nc1ccc(COC(C)C)cc1)C(C)C. The Bertz CT molecular complexity index is 747. The summed E-state index contributed by atoms with van der Waals surface area (Å²) in [7, 11) is 0. The topological polar surface area (TPSA) is 123 Å². The van der Waals surface area contributed by atoms with Gasteiger partial charge in [0.2, 0.25) is 5.91 Å². The molecule has 5 N–H and O–H groups in total.